The van der Waals surface area contributed by atoms with Crippen molar-refractivity contribution in [2.45, 2.75) is 38.5 Å². The predicted molar refractivity (Wildman–Crippen MR) is 78.7 cm³/mol. The zero-order valence-electron chi connectivity index (χ0n) is 11.9. The highest BCUT2D eigenvalue weighted by Crippen LogP contribution is 2.36. The number of rotatable bonds is 5. The van der Waals surface area contributed by atoms with E-state index in [4.69, 9.17) is 4.52 Å². The average Bonchev–Trinajstić information content (AvgIpc) is 3.09. The maximum absolute atomic E-state index is 5.35. The Balaban J connectivity index is 1.50. The van der Waals surface area contributed by atoms with Gasteiger partial charge in [-0.05, 0) is 37.3 Å². The van der Waals surface area contributed by atoms with Gasteiger partial charge < -0.3 is 9.84 Å². The van der Waals surface area contributed by atoms with Gasteiger partial charge in [-0.2, -0.15) is 4.98 Å². The lowest BCUT2D eigenvalue weighted by Gasteiger charge is -2.03. The first-order valence-corrected chi connectivity index (χ1v) is 7.42. The van der Waals surface area contributed by atoms with Gasteiger partial charge in [0.25, 0.3) is 0 Å². The molecule has 1 N–H and O–H groups in total. The molecule has 0 amide bonds. The van der Waals surface area contributed by atoms with E-state index in [0.29, 0.717) is 5.92 Å². The van der Waals surface area contributed by atoms with Gasteiger partial charge in [0.1, 0.15) is 0 Å². The summed E-state index contributed by atoms with van der Waals surface area (Å²) < 4.78 is 5.35. The lowest BCUT2D eigenvalue weighted by Crippen LogP contribution is -2.05. The Bertz CT molecular complexity index is 538. The minimum Gasteiger partial charge on any atom is -0.385 e. The van der Waals surface area contributed by atoms with Gasteiger partial charge in [-0.15, -0.1) is 0 Å². The van der Waals surface area contributed by atoms with Crippen LogP contribution in [-0.2, 0) is 6.42 Å². The molecule has 1 aromatic heterocycles. The van der Waals surface area contributed by atoms with E-state index in [0.717, 1.165) is 36.3 Å². The van der Waals surface area contributed by atoms with Crippen molar-refractivity contribution in [2.24, 2.45) is 5.92 Å². The number of hydrogen-bond acceptors (Lipinski definition) is 4. The molecule has 2 atom stereocenters. The zero-order valence-corrected chi connectivity index (χ0v) is 11.9. The Hall–Kier alpha value is -1.84. The van der Waals surface area contributed by atoms with Crippen molar-refractivity contribution in [2.75, 3.05) is 11.9 Å². The Labute approximate surface area is 119 Å². The van der Waals surface area contributed by atoms with Crippen LogP contribution in [-0.4, -0.2) is 16.7 Å². The fourth-order valence-corrected chi connectivity index (χ4v) is 2.85. The largest absolute Gasteiger partial charge is 0.385 e. The van der Waals surface area contributed by atoms with Gasteiger partial charge in [0.2, 0.25) is 5.89 Å². The molecule has 1 aliphatic rings. The Morgan fingerprint density at radius 3 is 2.85 bits per heavy atom. The number of nitrogens with one attached hydrogen (secondary N) is 1. The van der Waals surface area contributed by atoms with E-state index in [1.54, 1.807) is 0 Å². The molecule has 3 rings (SSSR count). The third-order valence-corrected chi connectivity index (χ3v) is 3.99. The molecule has 1 aliphatic carbocycles. The highest BCUT2D eigenvalue weighted by Gasteiger charge is 2.26. The molecule has 0 aliphatic heterocycles. The molecule has 1 fully saturated rings. The number of hydrogen-bond donors (Lipinski definition) is 1. The van der Waals surface area contributed by atoms with E-state index >= 15 is 0 Å². The molecule has 2 aromatic rings. The summed E-state index contributed by atoms with van der Waals surface area (Å²) in [6, 6.07) is 10.2. The number of nitrogens with zero attached hydrogens (tertiary/aromatic N) is 2. The molecule has 2 unspecified atom stereocenters. The minimum atomic E-state index is 0.504. The van der Waals surface area contributed by atoms with Crippen molar-refractivity contribution < 1.29 is 4.52 Å². The Kier molecular flexibility index (Phi) is 4.00. The van der Waals surface area contributed by atoms with E-state index in [2.05, 4.69) is 34.5 Å². The van der Waals surface area contributed by atoms with Gasteiger partial charge in [0, 0.05) is 24.6 Å². The number of benzene rings is 1. The number of anilines is 1. The summed E-state index contributed by atoms with van der Waals surface area (Å²) in [7, 11) is 0. The van der Waals surface area contributed by atoms with E-state index in [9.17, 15) is 0 Å². The first-order valence-electron chi connectivity index (χ1n) is 7.42. The summed E-state index contributed by atoms with van der Waals surface area (Å²) in [4.78, 5) is 4.54. The van der Waals surface area contributed by atoms with E-state index in [-0.39, 0.29) is 0 Å². The van der Waals surface area contributed by atoms with Gasteiger partial charge >= 0.3 is 0 Å². The second kappa shape index (κ2) is 6.07. The van der Waals surface area contributed by atoms with Crippen LogP contribution >= 0.6 is 0 Å². The smallest absolute Gasteiger partial charge is 0.228 e. The van der Waals surface area contributed by atoms with Crippen LogP contribution in [0.4, 0.5) is 5.69 Å². The van der Waals surface area contributed by atoms with Gasteiger partial charge in [-0.1, -0.05) is 30.3 Å². The third kappa shape index (κ3) is 3.18. The van der Waals surface area contributed by atoms with E-state index < -0.39 is 0 Å². The van der Waals surface area contributed by atoms with Crippen molar-refractivity contribution in [3.05, 3.63) is 42.0 Å². The van der Waals surface area contributed by atoms with Gasteiger partial charge in [0.05, 0.1) is 0 Å². The maximum atomic E-state index is 5.35. The molecule has 0 radical (unpaired) electrons. The molecule has 1 aromatic carbocycles. The molecule has 106 valence electrons. The van der Waals surface area contributed by atoms with Crippen LogP contribution in [0.1, 0.15) is 43.8 Å². The van der Waals surface area contributed by atoms with Crippen LogP contribution in [0, 0.1) is 5.92 Å². The zero-order chi connectivity index (χ0) is 13.8. The molecule has 20 heavy (non-hydrogen) atoms. The normalized spacial score (nSPS) is 22.1. The topological polar surface area (TPSA) is 51.0 Å². The van der Waals surface area contributed by atoms with Crippen LogP contribution in [0.3, 0.4) is 0 Å². The maximum Gasteiger partial charge on any atom is 0.228 e. The Morgan fingerprint density at radius 2 is 2.10 bits per heavy atom. The second-order valence-corrected chi connectivity index (χ2v) is 5.70. The van der Waals surface area contributed by atoms with Crippen LogP contribution in [0.5, 0.6) is 0 Å². The molecule has 0 saturated heterocycles. The molecule has 4 nitrogen and oxygen atoms in total. The van der Waals surface area contributed by atoms with E-state index in [1.165, 1.54) is 19.3 Å². The number of aromatic nitrogens is 2. The van der Waals surface area contributed by atoms with Crippen molar-refractivity contribution in [3.63, 3.8) is 0 Å². The summed E-state index contributed by atoms with van der Waals surface area (Å²) in [5.41, 5.74) is 1.12. The highest BCUT2D eigenvalue weighted by atomic mass is 16.5. The predicted octanol–water partition coefficient (Wildman–Crippen LogP) is 3.63. The average molecular weight is 271 g/mol. The van der Waals surface area contributed by atoms with Crippen LogP contribution < -0.4 is 5.32 Å². The lowest BCUT2D eigenvalue weighted by atomic mass is 10.1. The molecule has 0 bridgehead atoms. The molecule has 0 spiro atoms. The van der Waals surface area contributed by atoms with E-state index in [1.807, 2.05) is 18.2 Å². The van der Waals surface area contributed by atoms with Crippen LogP contribution in [0.25, 0.3) is 0 Å². The summed E-state index contributed by atoms with van der Waals surface area (Å²) in [6.45, 7) is 3.11. The lowest BCUT2D eigenvalue weighted by molar-refractivity contribution is 0.371. The van der Waals surface area contributed by atoms with Crippen LogP contribution in [0.2, 0.25) is 0 Å². The summed E-state index contributed by atoms with van der Waals surface area (Å²) in [6.07, 6.45) is 4.44. The summed E-state index contributed by atoms with van der Waals surface area (Å²) >= 11 is 0. The fourth-order valence-electron chi connectivity index (χ4n) is 2.85. The van der Waals surface area contributed by atoms with Crippen molar-refractivity contribution in [1.82, 2.24) is 10.1 Å². The van der Waals surface area contributed by atoms with Crippen molar-refractivity contribution in [1.29, 1.82) is 0 Å². The fraction of sp³-hybridized carbons (Fsp3) is 0.500. The second-order valence-electron chi connectivity index (χ2n) is 5.70. The SMILES string of the molecule is CC1CCC(c2noc(CCNc3ccccc3)n2)C1. The Morgan fingerprint density at radius 1 is 1.25 bits per heavy atom. The van der Waals surface area contributed by atoms with Gasteiger partial charge in [-0.25, -0.2) is 0 Å². The van der Waals surface area contributed by atoms with Crippen molar-refractivity contribution in [3.8, 4) is 0 Å². The first kappa shape index (κ1) is 13.2. The summed E-state index contributed by atoms with van der Waals surface area (Å²) in [5.74, 6) is 2.94. The summed E-state index contributed by atoms with van der Waals surface area (Å²) in [5, 5.41) is 7.50. The third-order valence-electron chi connectivity index (χ3n) is 3.99. The first-order chi connectivity index (χ1) is 9.81. The standard InChI is InChI=1S/C16H21N3O/c1-12-7-8-13(11-12)16-18-15(20-19-16)9-10-17-14-5-3-2-4-6-14/h2-6,12-13,17H,7-11H2,1H3. The van der Waals surface area contributed by atoms with Crippen LogP contribution in [0.15, 0.2) is 34.9 Å². The monoisotopic (exact) mass is 271 g/mol. The van der Waals surface area contributed by atoms with Gasteiger partial charge in [-0.3, -0.25) is 0 Å². The minimum absolute atomic E-state index is 0.504. The molecular weight excluding hydrogens is 250 g/mol. The molecular formula is C16H21N3O. The highest BCUT2D eigenvalue weighted by molar-refractivity contribution is 5.42. The molecule has 1 saturated carbocycles. The molecule has 1 heterocycles. The van der Waals surface area contributed by atoms with Crippen molar-refractivity contribution >= 4 is 5.69 Å². The van der Waals surface area contributed by atoms with Gasteiger partial charge in [0.15, 0.2) is 5.82 Å². The quantitative estimate of drug-likeness (QED) is 0.902. The number of para-hydroxylation sites is 1. The molecule has 4 heteroatoms.